The molecular weight excluding hydrogens is 257 g/mol. The van der Waals surface area contributed by atoms with Crippen LogP contribution in [0.25, 0.3) is 0 Å². The number of hydrogen-bond acceptors (Lipinski definition) is 1. The minimum Gasteiger partial charge on any atom is -0.496 e. The fourth-order valence-electron chi connectivity index (χ4n) is 1.16. The van der Waals surface area contributed by atoms with Crippen molar-refractivity contribution in [3.05, 3.63) is 29.1 Å². The maximum Gasteiger partial charge on any atom is 0.420 e. The molecule has 0 aliphatic rings. The van der Waals surface area contributed by atoms with Crippen molar-refractivity contribution >= 4 is 0 Å². The van der Waals surface area contributed by atoms with Gasteiger partial charge in [0.15, 0.2) is 0 Å². The number of alkyl halides is 6. The third-order valence-electron chi connectivity index (χ3n) is 1.90. The number of halogens is 7. The van der Waals surface area contributed by atoms with Gasteiger partial charge in [-0.3, -0.25) is 0 Å². The van der Waals surface area contributed by atoms with Gasteiger partial charge in [-0.2, -0.15) is 26.3 Å². The van der Waals surface area contributed by atoms with Crippen LogP contribution in [0.1, 0.15) is 11.1 Å². The largest absolute Gasteiger partial charge is 0.496 e. The Bertz CT molecular complexity index is 419. The van der Waals surface area contributed by atoms with Crippen LogP contribution in [-0.2, 0) is 12.4 Å². The first-order chi connectivity index (χ1) is 7.57. The fraction of sp³-hybridized carbons (Fsp3) is 0.333. The summed E-state index contributed by atoms with van der Waals surface area (Å²) in [6, 6.07) is -0.250. The molecule has 0 bridgehead atoms. The molecule has 0 amide bonds. The standard InChI is InChI=1S/C9H5F7O/c1-17-7-3-4(8(11,12)13)6(10)2-5(7)9(14,15)16/h2-3H,1H3. The molecule has 0 unspecified atom stereocenters. The van der Waals surface area contributed by atoms with Crippen molar-refractivity contribution < 1.29 is 35.5 Å². The summed E-state index contributed by atoms with van der Waals surface area (Å²) in [7, 11) is 0.767. The Balaban J connectivity index is 3.46. The summed E-state index contributed by atoms with van der Waals surface area (Å²) in [5.41, 5.74) is -3.40. The van der Waals surface area contributed by atoms with Gasteiger partial charge in [-0.25, -0.2) is 4.39 Å². The maximum atomic E-state index is 12.9. The second-order valence-electron chi connectivity index (χ2n) is 3.03. The lowest BCUT2D eigenvalue weighted by atomic mass is 10.1. The summed E-state index contributed by atoms with van der Waals surface area (Å²) >= 11 is 0. The van der Waals surface area contributed by atoms with E-state index in [-0.39, 0.29) is 12.1 Å². The molecule has 96 valence electrons. The van der Waals surface area contributed by atoms with E-state index in [4.69, 9.17) is 0 Å². The highest BCUT2D eigenvalue weighted by Crippen LogP contribution is 2.41. The maximum absolute atomic E-state index is 12.9. The topological polar surface area (TPSA) is 9.23 Å². The fourth-order valence-corrected chi connectivity index (χ4v) is 1.16. The van der Waals surface area contributed by atoms with Crippen molar-refractivity contribution in [2.75, 3.05) is 7.11 Å². The molecule has 0 aliphatic heterocycles. The van der Waals surface area contributed by atoms with Gasteiger partial charge in [0.1, 0.15) is 17.1 Å². The van der Waals surface area contributed by atoms with Crippen molar-refractivity contribution in [2.24, 2.45) is 0 Å². The lowest BCUT2D eigenvalue weighted by molar-refractivity contribution is -0.144. The number of hydrogen-bond donors (Lipinski definition) is 0. The molecular formula is C9H5F7O. The average molecular weight is 262 g/mol. The van der Waals surface area contributed by atoms with Crippen molar-refractivity contribution in [3.63, 3.8) is 0 Å². The highest BCUT2D eigenvalue weighted by molar-refractivity contribution is 5.41. The lowest BCUT2D eigenvalue weighted by Gasteiger charge is -2.15. The van der Waals surface area contributed by atoms with Crippen LogP contribution in [-0.4, -0.2) is 7.11 Å². The smallest absolute Gasteiger partial charge is 0.420 e. The summed E-state index contributed by atoms with van der Waals surface area (Å²) < 4.78 is 90.7. The first kappa shape index (κ1) is 13.6. The van der Waals surface area contributed by atoms with E-state index in [1.807, 2.05) is 0 Å². The van der Waals surface area contributed by atoms with Crippen molar-refractivity contribution in [3.8, 4) is 5.75 Å². The number of rotatable bonds is 1. The summed E-state index contributed by atoms with van der Waals surface area (Å²) in [6.45, 7) is 0. The van der Waals surface area contributed by atoms with Crippen molar-refractivity contribution in [1.29, 1.82) is 0 Å². The Morgan fingerprint density at radius 1 is 0.882 bits per heavy atom. The second-order valence-corrected chi connectivity index (χ2v) is 3.03. The van der Waals surface area contributed by atoms with Gasteiger partial charge in [-0.1, -0.05) is 0 Å². The molecule has 1 nitrogen and oxygen atoms in total. The summed E-state index contributed by atoms with van der Waals surface area (Å²) in [6.07, 6.45) is -10.1. The van der Waals surface area contributed by atoms with Gasteiger partial charge in [0.2, 0.25) is 0 Å². The first-order valence-corrected chi connectivity index (χ1v) is 4.09. The van der Waals surface area contributed by atoms with Gasteiger partial charge in [0.25, 0.3) is 0 Å². The second kappa shape index (κ2) is 4.08. The Kier molecular flexibility index (Phi) is 3.26. The Hall–Kier alpha value is -1.47. The normalized spacial score (nSPS) is 12.7. The molecule has 0 N–H and O–H groups in total. The van der Waals surface area contributed by atoms with Crippen LogP contribution in [0.3, 0.4) is 0 Å². The molecule has 1 aromatic rings. The average Bonchev–Trinajstić information content (AvgIpc) is 2.14. The van der Waals surface area contributed by atoms with Gasteiger partial charge in [0.05, 0.1) is 12.7 Å². The quantitative estimate of drug-likeness (QED) is 0.698. The van der Waals surface area contributed by atoms with Crippen LogP contribution in [0.4, 0.5) is 30.7 Å². The van der Waals surface area contributed by atoms with E-state index in [0.717, 1.165) is 7.11 Å². The van der Waals surface area contributed by atoms with Crippen LogP contribution in [0, 0.1) is 5.82 Å². The highest BCUT2D eigenvalue weighted by atomic mass is 19.4. The molecule has 0 heterocycles. The molecule has 17 heavy (non-hydrogen) atoms. The predicted octanol–water partition coefficient (Wildman–Crippen LogP) is 3.87. The van der Waals surface area contributed by atoms with E-state index in [2.05, 4.69) is 4.74 Å². The van der Waals surface area contributed by atoms with Crippen molar-refractivity contribution in [1.82, 2.24) is 0 Å². The molecule has 0 saturated heterocycles. The minimum atomic E-state index is -5.08. The summed E-state index contributed by atoms with van der Waals surface area (Å²) in [5, 5.41) is 0. The minimum absolute atomic E-state index is 0.0157. The van der Waals surface area contributed by atoms with Crippen LogP contribution in [0.15, 0.2) is 12.1 Å². The molecule has 8 heteroatoms. The van der Waals surface area contributed by atoms with Gasteiger partial charge in [0, 0.05) is 0 Å². The molecule has 1 rings (SSSR count). The van der Waals surface area contributed by atoms with Crippen LogP contribution < -0.4 is 4.74 Å². The van der Waals surface area contributed by atoms with E-state index >= 15 is 0 Å². The molecule has 0 radical (unpaired) electrons. The lowest BCUT2D eigenvalue weighted by Crippen LogP contribution is -2.13. The van der Waals surface area contributed by atoms with E-state index in [1.54, 1.807) is 0 Å². The van der Waals surface area contributed by atoms with E-state index < -0.39 is 35.0 Å². The van der Waals surface area contributed by atoms with Gasteiger partial charge >= 0.3 is 12.4 Å². The number of methoxy groups -OCH3 is 1. The molecule has 0 aromatic heterocycles. The zero-order valence-corrected chi connectivity index (χ0v) is 8.21. The van der Waals surface area contributed by atoms with Crippen LogP contribution in [0.2, 0.25) is 0 Å². The zero-order chi connectivity index (χ0) is 13.4. The van der Waals surface area contributed by atoms with Crippen LogP contribution >= 0.6 is 0 Å². The van der Waals surface area contributed by atoms with Crippen LogP contribution in [0.5, 0.6) is 5.75 Å². The first-order valence-electron chi connectivity index (χ1n) is 4.09. The number of ether oxygens (including phenoxy) is 1. The Morgan fingerprint density at radius 3 is 1.71 bits per heavy atom. The third-order valence-corrected chi connectivity index (χ3v) is 1.90. The Labute approximate surface area is 90.8 Å². The Morgan fingerprint density at radius 2 is 1.35 bits per heavy atom. The summed E-state index contributed by atoms with van der Waals surface area (Å²) in [5.74, 6) is -3.07. The molecule has 0 atom stereocenters. The molecule has 0 aliphatic carbocycles. The summed E-state index contributed by atoms with van der Waals surface area (Å²) in [4.78, 5) is 0. The molecule has 0 spiro atoms. The van der Waals surface area contributed by atoms with Crippen molar-refractivity contribution in [2.45, 2.75) is 12.4 Å². The van der Waals surface area contributed by atoms with Gasteiger partial charge in [-0.05, 0) is 12.1 Å². The SMILES string of the molecule is COc1cc(C(F)(F)F)c(F)cc1C(F)(F)F. The van der Waals surface area contributed by atoms with E-state index in [1.165, 1.54) is 0 Å². The monoisotopic (exact) mass is 262 g/mol. The van der Waals surface area contributed by atoms with Gasteiger partial charge in [-0.15, -0.1) is 0 Å². The predicted molar refractivity (Wildman–Crippen MR) is 43.0 cm³/mol. The highest BCUT2D eigenvalue weighted by Gasteiger charge is 2.40. The molecule has 1 aromatic carbocycles. The molecule has 0 fully saturated rings. The number of benzene rings is 1. The third kappa shape index (κ3) is 2.80. The van der Waals surface area contributed by atoms with E-state index in [9.17, 15) is 30.7 Å². The molecule has 0 saturated carbocycles. The zero-order valence-electron chi connectivity index (χ0n) is 8.21. The van der Waals surface area contributed by atoms with E-state index in [0.29, 0.717) is 0 Å². The van der Waals surface area contributed by atoms with Gasteiger partial charge < -0.3 is 4.74 Å².